The van der Waals surface area contributed by atoms with Crippen molar-refractivity contribution in [1.82, 2.24) is 10.6 Å². The van der Waals surface area contributed by atoms with E-state index in [2.05, 4.69) is 58.6 Å². The number of rotatable bonds is 8. The van der Waals surface area contributed by atoms with Gasteiger partial charge in [0.25, 0.3) is 0 Å². The van der Waals surface area contributed by atoms with Crippen LogP contribution in [0.2, 0.25) is 0 Å². The van der Waals surface area contributed by atoms with Crippen LogP contribution in [0.25, 0.3) is 11.3 Å². The first kappa shape index (κ1) is 16.3. The minimum Gasteiger partial charge on any atom is -0.460 e. The smallest absolute Gasteiger partial charge is 0.134 e. The van der Waals surface area contributed by atoms with Gasteiger partial charge in [-0.15, -0.1) is 0 Å². The van der Waals surface area contributed by atoms with Crippen molar-refractivity contribution in [3.63, 3.8) is 0 Å². The van der Waals surface area contributed by atoms with Crippen LogP contribution >= 0.6 is 15.9 Å². The fraction of sp³-hybridized carbons (Fsp3) is 0.412. The van der Waals surface area contributed by atoms with Crippen LogP contribution in [-0.2, 0) is 6.54 Å². The fourth-order valence-electron chi connectivity index (χ4n) is 2.15. The SMILES string of the molecule is CCNCCCNCc1ccc(-c2ccc(Br)c(C)c2)o1. The van der Waals surface area contributed by atoms with Crippen LogP contribution in [0.15, 0.2) is 39.2 Å². The lowest BCUT2D eigenvalue weighted by molar-refractivity contribution is 0.488. The molecule has 4 heteroatoms. The Balaban J connectivity index is 1.85. The zero-order valence-electron chi connectivity index (χ0n) is 12.7. The number of aryl methyl sites for hydroxylation is 1. The van der Waals surface area contributed by atoms with Crippen LogP contribution in [0.1, 0.15) is 24.7 Å². The molecule has 2 rings (SSSR count). The second-order valence-corrected chi connectivity index (χ2v) is 5.97. The number of benzene rings is 1. The predicted octanol–water partition coefficient (Wildman–Crippen LogP) is 4.11. The van der Waals surface area contributed by atoms with Crippen molar-refractivity contribution in [3.8, 4) is 11.3 Å². The summed E-state index contributed by atoms with van der Waals surface area (Å²) in [7, 11) is 0. The Bertz CT molecular complexity index is 566. The molecular formula is C17H23BrN2O. The van der Waals surface area contributed by atoms with Crippen LogP contribution in [-0.4, -0.2) is 19.6 Å². The van der Waals surface area contributed by atoms with Crippen molar-refractivity contribution in [3.05, 3.63) is 46.1 Å². The van der Waals surface area contributed by atoms with Crippen LogP contribution in [0, 0.1) is 6.92 Å². The molecule has 0 unspecified atom stereocenters. The third kappa shape index (κ3) is 4.99. The van der Waals surface area contributed by atoms with Crippen molar-refractivity contribution in [1.29, 1.82) is 0 Å². The van der Waals surface area contributed by atoms with E-state index in [0.29, 0.717) is 0 Å². The Hall–Kier alpha value is -1.10. The Morgan fingerprint density at radius 1 is 1.10 bits per heavy atom. The van der Waals surface area contributed by atoms with Crippen LogP contribution in [0.5, 0.6) is 0 Å². The Labute approximate surface area is 135 Å². The molecule has 2 N–H and O–H groups in total. The van der Waals surface area contributed by atoms with Crippen LogP contribution in [0.3, 0.4) is 0 Å². The molecule has 0 aliphatic carbocycles. The van der Waals surface area contributed by atoms with Crippen molar-refractivity contribution in [2.24, 2.45) is 0 Å². The highest BCUT2D eigenvalue weighted by Gasteiger charge is 2.06. The van der Waals surface area contributed by atoms with Gasteiger partial charge < -0.3 is 15.1 Å². The molecule has 3 nitrogen and oxygen atoms in total. The second-order valence-electron chi connectivity index (χ2n) is 5.11. The van der Waals surface area contributed by atoms with E-state index in [1.54, 1.807) is 0 Å². The summed E-state index contributed by atoms with van der Waals surface area (Å²) in [4.78, 5) is 0. The molecule has 0 aliphatic heterocycles. The van der Waals surface area contributed by atoms with E-state index in [-0.39, 0.29) is 0 Å². The normalized spacial score (nSPS) is 11.0. The van der Waals surface area contributed by atoms with E-state index >= 15 is 0 Å². The molecular weight excluding hydrogens is 328 g/mol. The van der Waals surface area contributed by atoms with Gasteiger partial charge >= 0.3 is 0 Å². The number of furan rings is 1. The molecule has 0 saturated heterocycles. The third-order valence-corrected chi connectivity index (χ3v) is 4.25. The monoisotopic (exact) mass is 350 g/mol. The van der Waals surface area contributed by atoms with E-state index in [1.165, 1.54) is 5.56 Å². The lowest BCUT2D eigenvalue weighted by Gasteiger charge is -2.04. The summed E-state index contributed by atoms with van der Waals surface area (Å²) in [5.41, 5.74) is 2.33. The minimum absolute atomic E-state index is 0.779. The van der Waals surface area contributed by atoms with Crippen molar-refractivity contribution >= 4 is 15.9 Å². The molecule has 0 saturated carbocycles. The van der Waals surface area contributed by atoms with E-state index < -0.39 is 0 Å². The van der Waals surface area contributed by atoms with Crippen molar-refractivity contribution in [2.75, 3.05) is 19.6 Å². The summed E-state index contributed by atoms with van der Waals surface area (Å²) in [5.74, 6) is 1.91. The molecule has 2 aromatic rings. The lowest BCUT2D eigenvalue weighted by atomic mass is 10.1. The Kier molecular flexibility index (Phi) is 6.49. The molecule has 0 amide bonds. The highest BCUT2D eigenvalue weighted by Crippen LogP contribution is 2.26. The zero-order chi connectivity index (χ0) is 15.1. The van der Waals surface area contributed by atoms with Gasteiger partial charge in [-0.1, -0.05) is 28.9 Å². The third-order valence-electron chi connectivity index (χ3n) is 3.36. The van der Waals surface area contributed by atoms with Gasteiger partial charge in [-0.25, -0.2) is 0 Å². The summed E-state index contributed by atoms with van der Waals surface area (Å²) < 4.78 is 7.02. The molecule has 0 atom stereocenters. The predicted molar refractivity (Wildman–Crippen MR) is 91.4 cm³/mol. The second kappa shape index (κ2) is 8.37. The van der Waals surface area contributed by atoms with Crippen molar-refractivity contribution < 1.29 is 4.42 Å². The van der Waals surface area contributed by atoms with Crippen LogP contribution in [0.4, 0.5) is 0 Å². The average Bonchev–Trinajstić information content (AvgIpc) is 2.94. The average molecular weight is 351 g/mol. The van der Waals surface area contributed by atoms with E-state index in [0.717, 1.165) is 54.2 Å². The number of hydrogen-bond acceptors (Lipinski definition) is 3. The maximum absolute atomic E-state index is 5.90. The first-order valence-corrected chi connectivity index (χ1v) is 8.26. The number of hydrogen-bond donors (Lipinski definition) is 2. The molecule has 114 valence electrons. The van der Waals surface area contributed by atoms with Gasteiger partial charge in [0.1, 0.15) is 11.5 Å². The fourth-order valence-corrected chi connectivity index (χ4v) is 2.40. The van der Waals surface area contributed by atoms with Gasteiger partial charge in [0.05, 0.1) is 6.54 Å². The van der Waals surface area contributed by atoms with Gasteiger partial charge in [0, 0.05) is 10.0 Å². The quantitative estimate of drug-likeness (QED) is 0.703. The molecule has 1 aromatic heterocycles. The summed E-state index contributed by atoms with van der Waals surface area (Å²) in [6, 6.07) is 10.4. The topological polar surface area (TPSA) is 37.2 Å². The molecule has 0 aliphatic rings. The number of halogens is 1. The maximum atomic E-state index is 5.90. The Morgan fingerprint density at radius 3 is 2.67 bits per heavy atom. The van der Waals surface area contributed by atoms with Gasteiger partial charge in [-0.2, -0.15) is 0 Å². The Morgan fingerprint density at radius 2 is 1.90 bits per heavy atom. The van der Waals surface area contributed by atoms with E-state index in [4.69, 9.17) is 4.42 Å². The molecule has 1 heterocycles. The number of nitrogens with one attached hydrogen (secondary N) is 2. The largest absolute Gasteiger partial charge is 0.460 e. The highest BCUT2D eigenvalue weighted by atomic mass is 79.9. The van der Waals surface area contributed by atoms with Gasteiger partial charge in [0.2, 0.25) is 0 Å². The standard InChI is InChI=1S/C17H23BrN2O/c1-3-19-9-4-10-20-12-15-6-8-17(21-15)14-5-7-16(18)13(2)11-14/h5-8,11,19-20H,3-4,9-10,12H2,1-2H3. The summed E-state index contributed by atoms with van der Waals surface area (Å²) >= 11 is 3.52. The van der Waals surface area contributed by atoms with Gasteiger partial charge in [0.15, 0.2) is 0 Å². The lowest BCUT2D eigenvalue weighted by Crippen LogP contribution is -2.21. The zero-order valence-corrected chi connectivity index (χ0v) is 14.3. The first-order chi connectivity index (χ1) is 10.2. The van der Waals surface area contributed by atoms with Gasteiger partial charge in [-0.3, -0.25) is 0 Å². The molecule has 0 spiro atoms. The highest BCUT2D eigenvalue weighted by molar-refractivity contribution is 9.10. The van der Waals surface area contributed by atoms with Crippen molar-refractivity contribution in [2.45, 2.75) is 26.8 Å². The van der Waals surface area contributed by atoms with Gasteiger partial charge in [-0.05, 0) is 62.8 Å². The minimum atomic E-state index is 0.779. The first-order valence-electron chi connectivity index (χ1n) is 7.47. The molecule has 0 bridgehead atoms. The molecule has 1 aromatic carbocycles. The van der Waals surface area contributed by atoms with E-state index in [1.807, 2.05) is 12.1 Å². The van der Waals surface area contributed by atoms with Crippen LogP contribution < -0.4 is 10.6 Å². The summed E-state index contributed by atoms with van der Waals surface area (Å²) in [6.07, 6.45) is 1.13. The summed E-state index contributed by atoms with van der Waals surface area (Å²) in [5, 5.41) is 6.72. The summed E-state index contributed by atoms with van der Waals surface area (Å²) in [6.45, 7) is 8.09. The molecule has 21 heavy (non-hydrogen) atoms. The molecule has 0 radical (unpaired) electrons. The maximum Gasteiger partial charge on any atom is 0.134 e. The van der Waals surface area contributed by atoms with E-state index in [9.17, 15) is 0 Å². The molecule has 0 fully saturated rings.